The number of benzene rings is 2. The largest absolute Gasteiger partial charge is 0.469 e. The van der Waals surface area contributed by atoms with Gasteiger partial charge in [-0.05, 0) is 35.4 Å². The summed E-state index contributed by atoms with van der Waals surface area (Å²) in [5.41, 5.74) is -0.214. The monoisotopic (exact) mass is 420 g/mol. The molecule has 1 nitrogen and oxygen atoms in total. The summed E-state index contributed by atoms with van der Waals surface area (Å²) >= 11 is 5.38. The highest BCUT2D eigenvalue weighted by Crippen LogP contribution is 2.30. The van der Waals surface area contributed by atoms with E-state index in [1.807, 2.05) is 0 Å². The van der Waals surface area contributed by atoms with E-state index in [1.54, 1.807) is 24.3 Å². The first-order valence-electron chi connectivity index (χ1n) is 8.00. The Morgan fingerprint density at radius 3 is 1.71 bits per heavy atom. The first-order valence-corrected chi connectivity index (χ1v) is 8.53. The van der Waals surface area contributed by atoms with Crippen LogP contribution >= 0.6 is 11.6 Å². The van der Waals surface area contributed by atoms with Gasteiger partial charge in [0.25, 0.3) is 0 Å². The van der Waals surface area contributed by atoms with Gasteiger partial charge < -0.3 is 4.42 Å². The standard InChI is InChI=1S/C12H9F3O.C8H6ClF3/c13-12(14,15)10-4-1-3-9(7-10)8-11-5-2-6-16-11;9-5-6-2-1-3-7(4-6)8(10,11)12/h1-7H,8H2;1-4H,5H2. The van der Waals surface area contributed by atoms with Gasteiger partial charge >= 0.3 is 12.4 Å². The van der Waals surface area contributed by atoms with Gasteiger partial charge in [0.05, 0.1) is 17.4 Å². The molecule has 0 aliphatic rings. The third-order valence-electron chi connectivity index (χ3n) is 3.62. The van der Waals surface area contributed by atoms with Crippen LogP contribution < -0.4 is 0 Å². The Morgan fingerprint density at radius 1 is 0.714 bits per heavy atom. The molecule has 3 rings (SSSR count). The topological polar surface area (TPSA) is 13.1 Å². The molecule has 3 aromatic rings. The van der Waals surface area contributed by atoms with Crippen molar-refractivity contribution in [2.45, 2.75) is 24.7 Å². The van der Waals surface area contributed by atoms with Crippen molar-refractivity contribution in [2.75, 3.05) is 0 Å². The lowest BCUT2D eigenvalue weighted by Gasteiger charge is -2.07. The summed E-state index contributed by atoms with van der Waals surface area (Å²) in [6, 6.07) is 13.7. The van der Waals surface area contributed by atoms with E-state index in [9.17, 15) is 26.3 Å². The molecule has 0 aliphatic carbocycles. The summed E-state index contributed by atoms with van der Waals surface area (Å²) in [7, 11) is 0. The molecule has 0 unspecified atom stereocenters. The Bertz CT molecular complexity index is 869. The van der Waals surface area contributed by atoms with Crippen molar-refractivity contribution in [3.8, 4) is 0 Å². The second kappa shape index (κ2) is 9.19. The second-order valence-electron chi connectivity index (χ2n) is 5.79. The molecule has 0 saturated heterocycles. The molecule has 0 aliphatic heterocycles. The van der Waals surface area contributed by atoms with Crippen LogP contribution in [-0.4, -0.2) is 0 Å². The molecule has 0 bridgehead atoms. The molecule has 8 heteroatoms. The van der Waals surface area contributed by atoms with Crippen molar-refractivity contribution in [3.05, 3.63) is 94.9 Å². The van der Waals surface area contributed by atoms with Gasteiger partial charge in [-0.2, -0.15) is 26.3 Å². The summed E-state index contributed by atoms with van der Waals surface area (Å²) < 4.78 is 78.5. The van der Waals surface area contributed by atoms with E-state index >= 15 is 0 Å². The first-order chi connectivity index (χ1) is 13.1. The summed E-state index contributed by atoms with van der Waals surface area (Å²) in [6.45, 7) is 0. The number of furan rings is 1. The highest BCUT2D eigenvalue weighted by atomic mass is 35.5. The van der Waals surface area contributed by atoms with E-state index in [0.717, 1.165) is 24.3 Å². The number of alkyl halides is 7. The highest BCUT2D eigenvalue weighted by molar-refractivity contribution is 6.17. The van der Waals surface area contributed by atoms with Crippen molar-refractivity contribution in [1.82, 2.24) is 0 Å². The molecule has 0 atom stereocenters. The Kier molecular flexibility index (Phi) is 7.18. The third kappa shape index (κ3) is 6.64. The lowest BCUT2D eigenvalue weighted by Crippen LogP contribution is -2.05. The van der Waals surface area contributed by atoms with Crippen LogP contribution in [0.3, 0.4) is 0 Å². The van der Waals surface area contributed by atoms with Crippen LogP contribution in [-0.2, 0) is 24.7 Å². The molecule has 28 heavy (non-hydrogen) atoms. The predicted molar refractivity (Wildman–Crippen MR) is 94.0 cm³/mol. The minimum absolute atomic E-state index is 0.101. The maximum absolute atomic E-state index is 12.4. The fourth-order valence-electron chi connectivity index (χ4n) is 2.30. The SMILES string of the molecule is FC(F)(F)c1cccc(CCl)c1.FC(F)(F)c1cccc(Cc2ccco2)c1. The molecular weight excluding hydrogens is 406 g/mol. The Balaban J connectivity index is 0.000000209. The lowest BCUT2D eigenvalue weighted by molar-refractivity contribution is -0.138. The number of halogens is 7. The van der Waals surface area contributed by atoms with Gasteiger partial charge in [0, 0.05) is 12.3 Å². The zero-order valence-electron chi connectivity index (χ0n) is 14.3. The van der Waals surface area contributed by atoms with Crippen LogP contribution in [0.4, 0.5) is 26.3 Å². The van der Waals surface area contributed by atoms with Gasteiger partial charge in [0.15, 0.2) is 0 Å². The van der Waals surface area contributed by atoms with E-state index in [2.05, 4.69) is 0 Å². The Labute approximate surface area is 162 Å². The Hall–Kier alpha value is -2.41. The molecule has 0 fully saturated rings. The van der Waals surface area contributed by atoms with E-state index < -0.39 is 23.5 Å². The number of hydrogen-bond acceptors (Lipinski definition) is 1. The maximum Gasteiger partial charge on any atom is 0.416 e. The molecule has 2 aromatic carbocycles. The molecule has 0 saturated carbocycles. The molecule has 0 N–H and O–H groups in total. The fourth-order valence-corrected chi connectivity index (χ4v) is 2.47. The van der Waals surface area contributed by atoms with Crippen molar-refractivity contribution >= 4 is 11.6 Å². The quantitative estimate of drug-likeness (QED) is 0.319. The summed E-state index contributed by atoms with van der Waals surface area (Å²) in [4.78, 5) is 0. The van der Waals surface area contributed by atoms with Gasteiger partial charge in [-0.25, -0.2) is 0 Å². The number of hydrogen-bond donors (Lipinski definition) is 0. The normalized spacial score (nSPS) is 11.7. The van der Waals surface area contributed by atoms with Gasteiger partial charge in [0.1, 0.15) is 5.76 Å². The van der Waals surface area contributed by atoms with Crippen LogP contribution in [0.2, 0.25) is 0 Å². The Morgan fingerprint density at radius 2 is 1.25 bits per heavy atom. The summed E-state index contributed by atoms with van der Waals surface area (Å²) in [6.07, 6.45) is -6.69. The highest BCUT2D eigenvalue weighted by Gasteiger charge is 2.30. The molecule has 0 spiro atoms. The van der Waals surface area contributed by atoms with E-state index in [1.165, 1.54) is 18.4 Å². The van der Waals surface area contributed by atoms with Crippen molar-refractivity contribution in [2.24, 2.45) is 0 Å². The first kappa shape index (κ1) is 21.9. The van der Waals surface area contributed by atoms with Crippen LogP contribution in [0.5, 0.6) is 0 Å². The van der Waals surface area contributed by atoms with Crippen molar-refractivity contribution in [1.29, 1.82) is 0 Å². The van der Waals surface area contributed by atoms with Crippen LogP contribution in [0.15, 0.2) is 71.3 Å². The molecule has 1 aromatic heterocycles. The molecule has 0 amide bonds. The zero-order valence-corrected chi connectivity index (χ0v) is 15.1. The number of rotatable bonds is 3. The fraction of sp³-hybridized carbons (Fsp3) is 0.200. The second-order valence-corrected chi connectivity index (χ2v) is 6.05. The minimum atomic E-state index is -4.29. The molecule has 1 heterocycles. The van der Waals surface area contributed by atoms with Gasteiger partial charge in [-0.1, -0.05) is 36.4 Å². The minimum Gasteiger partial charge on any atom is -0.469 e. The average Bonchev–Trinajstić information content (AvgIpc) is 3.14. The van der Waals surface area contributed by atoms with Crippen LogP contribution in [0, 0.1) is 0 Å². The smallest absolute Gasteiger partial charge is 0.416 e. The summed E-state index contributed by atoms with van der Waals surface area (Å²) in [5.74, 6) is 0.753. The summed E-state index contributed by atoms with van der Waals surface area (Å²) in [5, 5.41) is 0. The zero-order chi connectivity index (χ0) is 20.8. The van der Waals surface area contributed by atoms with Gasteiger partial charge in [0.2, 0.25) is 0 Å². The predicted octanol–water partition coefficient (Wildman–Crippen LogP) is 7.33. The molecular formula is C20H15ClF6O. The third-order valence-corrected chi connectivity index (χ3v) is 3.93. The molecule has 150 valence electrons. The van der Waals surface area contributed by atoms with Crippen LogP contribution in [0.1, 0.15) is 28.0 Å². The van der Waals surface area contributed by atoms with Crippen molar-refractivity contribution in [3.63, 3.8) is 0 Å². The molecule has 0 radical (unpaired) electrons. The maximum atomic E-state index is 12.4. The van der Waals surface area contributed by atoms with Gasteiger partial charge in [-0.15, -0.1) is 11.6 Å². The van der Waals surface area contributed by atoms with E-state index in [-0.39, 0.29) is 5.88 Å². The lowest BCUT2D eigenvalue weighted by atomic mass is 10.1. The van der Waals surface area contributed by atoms with Gasteiger partial charge in [-0.3, -0.25) is 0 Å². The van der Waals surface area contributed by atoms with Crippen molar-refractivity contribution < 1.29 is 30.8 Å². The van der Waals surface area contributed by atoms with E-state index in [4.69, 9.17) is 16.0 Å². The van der Waals surface area contributed by atoms with Crippen LogP contribution in [0.25, 0.3) is 0 Å². The average molecular weight is 421 g/mol. The van der Waals surface area contributed by atoms with E-state index in [0.29, 0.717) is 23.3 Å².